The van der Waals surface area contributed by atoms with Crippen molar-refractivity contribution in [1.29, 1.82) is 0 Å². The van der Waals surface area contributed by atoms with Crippen molar-refractivity contribution in [3.05, 3.63) is 23.9 Å². The highest BCUT2D eigenvalue weighted by atomic mass is 16.5. The molecule has 124 valence electrons. The second-order valence-corrected chi connectivity index (χ2v) is 5.32. The lowest BCUT2D eigenvalue weighted by atomic mass is 10.2. The Morgan fingerprint density at radius 1 is 1.36 bits per heavy atom. The van der Waals surface area contributed by atoms with Gasteiger partial charge in [0.05, 0.1) is 13.2 Å². The summed E-state index contributed by atoms with van der Waals surface area (Å²) >= 11 is 0. The Hall–Kier alpha value is -1.78. The van der Waals surface area contributed by atoms with Gasteiger partial charge in [0.25, 0.3) is 0 Å². The Labute approximate surface area is 134 Å². The van der Waals surface area contributed by atoms with E-state index < -0.39 is 0 Å². The zero-order chi connectivity index (χ0) is 16.2. The van der Waals surface area contributed by atoms with Crippen LogP contribution in [0.3, 0.4) is 0 Å². The highest BCUT2D eigenvalue weighted by Crippen LogP contribution is 2.15. The minimum atomic E-state index is 0.395. The first kappa shape index (κ1) is 18.3. The summed E-state index contributed by atoms with van der Waals surface area (Å²) in [6.07, 6.45) is 4.97. The number of hydrogen-bond donors (Lipinski definition) is 2. The lowest BCUT2D eigenvalue weighted by Gasteiger charge is -2.16. The van der Waals surface area contributed by atoms with Crippen LogP contribution in [0.25, 0.3) is 0 Å². The summed E-state index contributed by atoms with van der Waals surface area (Å²) in [6.45, 7) is 10.6. The molecule has 1 heterocycles. The van der Waals surface area contributed by atoms with E-state index in [0.717, 1.165) is 37.3 Å². The fourth-order valence-corrected chi connectivity index (χ4v) is 1.81. The molecule has 0 fully saturated rings. The van der Waals surface area contributed by atoms with E-state index >= 15 is 0 Å². The molecule has 0 spiro atoms. The van der Waals surface area contributed by atoms with E-state index in [1.807, 2.05) is 12.1 Å². The third-order valence-corrected chi connectivity index (χ3v) is 3.33. The molecule has 1 aromatic heterocycles. The first-order valence-electron chi connectivity index (χ1n) is 8.32. The fourth-order valence-electron chi connectivity index (χ4n) is 1.81. The van der Waals surface area contributed by atoms with Gasteiger partial charge in [-0.15, -0.1) is 0 Å². The number of rotatable bonds is 9. The molecule has 0 amide bonds. The van der Waals surface area contributed by atoms with Crippen LogP contribution >= 0.6 is 0 Å². The number of hydrogen-bond acceptors (Lipinski definition) is 3. The van der Waals surface area contributed by atoms with Crippen LogP contribution in [0.4, 0.5) is 0 Å². The van der Waals surface area contributed by atoms with E-state index in [4.69, 9.17) is 4.74 Å². The van der Waals surface area contributed by atoms with Crippen LogP contribution < -0.4 is 15.4 Å². The predicted molar refractivity (Wildman–Crippen MR) is 92.3 cm³/mol. The predicted octanol–water partition coefficient (Wildman–Crippen LogP) is 3.11. The topological polar surface area (TPSA) is 58.5 Å². The molecule has 1 rings (SSSR count). The lowest BCUT2D eigenvalue weighted by molar-refractivity contribution is 0.294. The number of pyridine rings is 1. The SMILES string of the molecule is CCCCOc1ncccc1CN=C(NCC)NC(C)CC. The summed E-state index contributed by atoms with van der Waals surface area (Å²) in [5.74, 6) is 1.53. The van der Waals surface area contributed by atoms with Crippen molar-refractivity contribution >= 4 is 5.96 Å². The van der Waals surface area contributed by atoms with Crippen LogP contribution in [-0.4, -0.2) is 30.1 Å². The maximum absolute atomic E-state index is 5.75. The van der Waals surface area contributed by atoms with Crippen LogP contribution in [0.2, 0.25) is 0 Å². The van der Waals surface area contributed by atoms with Gasteiger partial charge in [0.15, 0.2) is 5.96 Å². The van der Waals surface area contributed by atoms with Gasteiger partial charge in [0.2, 0.25) is 5.88 Å². The smallest absolute Gasteiger partial charge is 0.218 e. The highest BCUT2D eigenvalue weighted by molar-refractivity contribution is 5.80. The summed E-state index contributed by atoms with van der Waals surface area (Å²) in [7, 11) is 0. The average Bonchev–Trinajstić information content (AvgIpc) is 2.54. The average molecular weight is 306 g/mol. The molecule has 0 radical (unpaired) electrons. The molecule has 5 nitrogen and oxygen atoms in total. The van der Waals surface area contributed by atoms with Crippen molar-refractivity contribution in [3.8, 4) is 5.88 Å². The first-order valence-corrected chi connectivity index (χ1v) is 8.32. The van der Waals surface area contributed by atoms with Crippen molar-refractivity contribution in [2.24, 2.45) is 4.99 Å². The molecular weight excluding hydrogens is 276 g/mol. The summed E-state index contributed by atoms with van der Waals surface area (Å²) in [5.41, 5.74) is 1.01. The summed E-state index contributed by atoms with van der Waals surface area (Å²) in [6, 6.07) is 4.34. The van der Waals surface area contributed by atoms with E-state index in [9.17, 15) is 0 Å². The van der Waals surface area contributed by atoms with E-state index in [0.29, 0.717) is 25.1 Å². The Morgan fingerprint density at radius 2 is 2.18 bits per heavy atom. The number of ether oxygens (including phenoxy) is 1. The molecule has 0 aliphatic heterocycles. The maximum atomic E-state index is 5.75. The number of nitrogens with zero attached hydrogens (tertiary/aromatic N) is 2. The van der Waals surface area contributed by atoms with E-state index in [1.54, 1.807) is 6.20 Å². The van der Waals surface area contributed by atoms with Gasteiger partial charge in [-0.3, -0.25) is 0 Å². The van der Waals surface area contributed by atoms with Gasteiger partial charge >= 0.3 is 0 Å². The van der Waals surface area contributed by atoms with Gasteiger partial charge in [-0.2, -0.15) is 0 Å². The van der Waals surface area contributed by atoms with E-state index in [-0.39, 0.29) is 0 Å². The third-order valence-electron chi connectivity index (χ3n) is 3.33. The first-order chi connectivity index (χ1) is 10.7. The molecular formula is C17H30N4O. The molecule has 0 saturated carbocycles. The monoisotopic (exact) mass is 306 g/mol. The van der Waals surface area contributed by atoms with Gasteiger partial charge in [0.1, 0.15) is 0 Å². The molecule has 0 saturated heterocycles. The highest BCUT2D eigenvalue weighted by Gasteiger charge is 2.06. The zero-order valence-electron chi connectivity index (χ0n) is 14.4. The fraction of sp³-hybridized carbons (Fsp3) is 0.647. The second kappa shape index (κ2) is 10.9. The second-order valence-electron chi connectivity index (χ2n) is 5.32. The van der Waals surface area contributed by atoms with E-state index in [1.165, 1.54) is 0 Å². The normalized spacial score (nSPS) is 12.8. The molecule has 0 bridgehead atoms. The van der Waals surface area contributed by atoms with Gasteiger partial charge < -0.3 is 15.4 Å². The Balaban J connectivity index is 2.71. The van der Waals surface area contributed by atoms with Crippen molar-refractivity contribution in [2.45, 2.75) is 59.5 Å². The van der Waals surface area contributed by atoms with Crippen molar-refractivity contribution in [3.63, 3.8) is 0 Å². The molecule has 0 aliphatic carbocycles. The Kier molecular flexibility index (Phi) is 9.03. The number of aliphatic imine (C=N–C) groups is 1. The van der Waals surface area contributed by atoms with Gasteiger partial charge in [-0.25, -0.2) is 9.98 Å². The van der Waals surface area contributed by atoms with Gasteiger partial charge in [0, 0.05) is 24.3 Å². The molecule has 1 atom stereocenters. The molecule has 2 N–H and O–H groups in total. The quantitative estimate of drug-likeness (QED) is 0.418. The van der Waals surface area contributed by atoms with Crippen molar-refractivity contribution in [1.82, 2.24) is 15.6 Å². The molecule has 0 aliphatic rings. The summed E-state index contributed by atoms with van der Waals surface area (Å²) < 4.78 is 5.75. The largest absolute Gasteiger partial charge is 0.477 e. The molecule has 1 unspecified atom stereocenters. The molecule has 5 heteroatoms. The van der Waals surface area contributed by atoms with Crippen LogP contribution in [0.1, 0.15) is 52.5 Å². The van der Waals surface area contributed by atoms with Crippen molar-refractivity contribution < 1.29 is 4.74 Å². The number of unbranched alkanes of at least 4 members (excludes halogenated alkanes) is 1. The van der Waals surface area contributed by atoms with Crippen LogP contribution in [0.5, 0.6) is 5.88 Å². The Bertz CT molecular complexity index is 448. The van der Waals surface area contributed by atoms with Crippen molar-refractivity contribution in [2.75, 3.05) is 13.2 Å². The maximum Gasteiger partial charge on any atom is 0.218 e. The minimum absolute atomic E-state index is 0.395. The number of nitrogens with one attached hydrogen (secondary N) is 2. The van der Waals surface area contributed by atoms with Crippen LogP contribution in [0.15, 0.2) is 23.3 Å². The van der Waals surface area contributed by atoms with Gasteiger partial charge in [-0.1, -0.05) is 26.3 Å². The third kappa shape index (κ3) is 6.78. The van der Waals surface area contributed by atoms with Crippen LogP contribution in [-0.2, 0) is 6.54 Å². The lowest BCUT2D eigenvalue weighted by Crippen LogP contribution is -2.41. The number of guanidine groups is 1. The van der Waals surface area contributed by atoms with E-state index in [2.05, 4.69) is 48.3 Å². The van der Waals surface area contributed by atoms with Gasteiger partial charge in [-0.05, 0) is 32.8 Å². The molecule has 22 heavy (non-hydrogen) atoms. The van der Waals surface area contributed by atoms with Crippen LogP contribution in [0, 0.1) is 0 Å². The number of aromatic nitrogens is 1. The molecule has 0 aromatic carbocycles. The zero-order valence-corrected chi connectivity index (χ0v) is 14.4. The molecule has 1 aromatic rings. The minimum Gasteiger partial charge on any atom is -0.477 e. The standard InChI is InChI=1S/C17H30N4O/c1-5-8-12-22-16-15(10-9-11-19-16)13-20-17(18-7-3)21-14(4)6-2/h9-11,14H,5-8,12-13H2,1-4H3,(H2,18,20,21). The Morgan fingerprint density at radius 3 is 2.86 bits per heavy atom. The summed E-state index contributed by atoms with van der Waals surface area (Å²) in [4.78, 5) is 8.95. The summed E-state index contributed by atoms with van der Waals surface area (Å²) in [5, 5.41) is 6.65.